The van der Waals surface area contributed by atoms with Gasteiger partial charge in [-0.1, -0.05) is 25.1 Å². The molecule has 1 saturated heterocycles. The molecule has 162 valence electrons. The summed E-state index contributed by atoms with van der Waals surface area (Å²) in [7, 11) is 1.37. The number of benzene rings is 1. The van der Waals surface area contributed by atoms with Crippen molar-refractivity contribution in [2.45, 2.75) is 33.0 Å². The molecule has 7 nitrogen and oxygen atoms in total. The molecule has 4 atom stereocenters. The minimum atomic E-state index is -0.664. The van der Waals surface area contributed by atoms with Crippen molar-refractivity contribution in [3.63, 3.8) is 0 Å². The molecule has 2 fully saturated rings. The van der Waals surface area contributed by atoms with E-state index >= 15 is 0 Å². The van der Waals surface area contributed by atoms with Crippen LogP contribution < -0.4 is 4.90 Å². The van der Waals surface area contributed by atoms with Crippen molar-refractivity contribution in [3.8, 4) is 0 Å². The van der Waals surface area contributed by atoms with Gasteiger partial charge in [-0.3, -0.25) is 0 Å². The molecule has 0 aromatic heterocycles. The summed E-state index contributed by atoms with van der Waals surface area (Å²) in [6.45, 7) is 6.96. The third-order valence-electron chi connectivity index (χ3n) is 6.73. The van der Waals surface area contributed by atoms with Gasteiger partial charge in [0, 0.05) is 43.7 Å². The molecule has 4 unspecified atom stereocenters. The number of ether oxygens (including phenoxy) is 3. The fourth-order valence-corrected chi connectivity index (χ4v) is 5.01. The van der Waals surface area contributed by atoms with Gasteiger partial charge in [-0.15, -0.1) is 0 Å². The van der Waals surface area contributed by atoms with E-state index in [-0.39, 0.29) is 23.9 Å². The maximum atomic E-state index is 12.8. The Balaban J connectivity index is 1.38. The highest BCUT2D eigenvalue weighted by Gasteiger charge is 2.48. The van der Waals surface area contributed by atoms with Gasteiger partial charge < -0.3 is 24.0 Å². The fraction of sp³-hybridized carbons (Fsp3) is 0.565. The minimum absolute atomic E-state index is 0.0110. The number of esters is 1. The number of methoxy groups -OCH3 is 1. The van der Waals surface area contributed by atoms with Gasteiger partial charge in [0.25, 0.3) is 0 Å². The van der Waals surface area contributed by atoms with Crippen LogP contribution in [0.2, 0.25) is 0 Å². The summed E-state index contributed by atoms with van der Waals surface area (Å²) >= 11 is 0. The third kappa shape index (κ3) is 3.85. The predicted octanol–water partition coefficient (Wildman–Crippen LogP) is 3.33. The number of amides is 1. The number of hydrogen-bond donors (Lipinski definition) is 0. The Kier molecular flexibility index (Phi) is 5.88. The largest absolute Gasteiger partial charge is 0.466 e. The Hall–Kier alpha value is -2.70. The average Bonchev–Trinajstić information content (AvgIpc) is 3.16. The summed E-state index contributed by atoms with van der Waals surface area (Å²) in [6.07, 6.45) is 2.26. The van der Waals surface area contributed by atoms with Crippen LogP contribution in [0, 0.1) is 24.7 Å². The summed E-state index contributed by atoms with van der Waals surface area (Å²) in [4.78, 5) is 29.0. The molecule has 4 rings (SSSR count). The number of anilines is 1. The van der Waals surface area contributed by atoms with Crippen LogP contribution in [0.5, 0.6) is 0 Å². The Labute approximate surface area is 177 Å². The summed E-state index contributed by atoms with van der Waals surface area (Å²) in [6, 6.07) is 8.30. The van der Waals surface area contributed by atoms with Crippen molar-refractivity contribution < 1.29 is 23.8 Å². The van der Waals surface area contributed by atoms with Crippen LogP contribution in [0.15, 0.2) is 36.1 Å². The molecule has 0 N–H and O–H groups in total. The lowest BCUT2D eigenvalue weighted by Crippen LogP contribution is -2.50. The lowest BCUT2D eigenvalue weighted by Gasteiger charge is -2.38. The monoisotopic (exact) mass is 414 g/mol. The molecule has 1 aromatic carbocycles. The zero-order chi connectivity index (χ0) is 21.3. The number of carbonyl (C=O) groups excluding carboxylic acids is 2. The first-order valence-corrected chi connectivity index (χ1v) is 10.7. The molecule has 0 radical (unpaired) electrons. The second-order valence-corrected chi connectivity index (χ2v) is 8.45. The maximum absolute atomic E-state index is 12.8. The quantitative estimate of drug-likeness (QED) is 0.707. The second kappa shape index (κ2) is 8.58. The van der Waals surface area contributed by atoms with E-state index in [9.17, 15) is 9.59 Å². The van der Waals surface area contributed by atoms with E-state index in [2.05, 4.69) is 30.9 Å². The first-order chi connectivity index (χ1) is 14.5. The molecule has 2 heterocycles. The average molecular weight is 415 g/mol. The predicted molar refractivity (Wildman–Crippen MR) is 112 cm³/mol. The van der Waals surface area contributed by atoms with Crippen LogP contribution in [0.1, 0.15) is 25.3 Å². The first kappa shape index (κ1) is 20.6. The summed E-state index contributed by atoms with van der Waals surface area (Å²) < 4.78 is 16.4. The van der Waals surface area contributed by atoms with Gasteiger partial charge in [-0.05, 0) is 37.3 Å². The molecule has 1 aromatic rings. The van der Waals surface area contributed by atoms with Crippen LogP contribution in [-0.4, -0.2) is 56.5 Å². The van der Waals surface area contributed by atoms with Gasteiger partial charge in [-0.2, -0.15) is 0 Å². The topological polar surface area (TPSA) is 68.3 Å². The highest BCUT2D eigenvalue weighted by atomic mass is 16.7. The first-order valence-electron chi connectivity index (χ1n) is 10.7. The van der Waals surface area contributed by atoms with Crippen molar-refractivity contribution in [1.29, 1.82) is 0 Å². The maximum Gasteiger partial charge on any atom is 0.412 e. The van der Waals surface area contributed by atoms with E-state index in [1.54, 1.807) is 4.90 Å². The smallest absolute Gasteiger partial charge is 0.412 e. The number of fused-ring (bicyclic) bond motifs is 1. The molecule has 3 aliphatic rings. The number of nitrogens with zero attached hydrogens (tertiary/aromatic N) is 2. The van der Waals surface area contributed by atoms with E-state index in [0.29, 0.717) is 24.6 Å². The number of aryl methyl sites for hydroxylation is 1. The number of rotatable bonds is 3. The van der Waals surface area contributed by atoms with Crippen molar-refractivity contribution in [2.75, 3.05) is 38.2 Å². The molecule has 1 saturated carbocycles. The van der Waals surface area contributed by atoms with Gasteiger partial charge >= 0.3 is 12.1 Å². The Morgan fingerprint density at radius 3 is 2.53 bits per heavy atom. The van der Waals surface area contributed by atoms with Crippen molar-refractivity contribution in [3.05, 3.63) is 41.7 Å². The molecule has 1 amide bonds. The second-order valence-electron chi connectivity index (χ2n) is 8.45. The zero-order valence-electron chi connectivity index (χ0n) is 17.9. The number of hydrogen-bond acceptors (Lipinski definition) is 6. The van der Waals surface area contributed by atoms with Gasteiger partial charge in [0.15, 0.2) is 0 Å². The van der Waals surface area contributed by atoms with Crippen LogP contribution in [0.3, 0.4) is 0 Å². The molecular formula is C23H30N2O5. The molecule has 2 aliphatic heterocycles. The highest BCUT2D eigenvalue weighted by molar-refractivity contribution is 5.89. The van der Waals surface area contributed by atoms with Crippen LogP contribution in [-0.2, 0) is 19.0 Å². The van der Waals surface area contributed by atoms with Crippen LogP contribution in [0.25, 0.3) is 0 Å². The summed E-state index contributed by atoms with van der Waals surface area (Å²) in [5.41, 5.74) is 2.99. The van der Waals surface area contributed by atoms with E-state index in [1.807, 2.05) is 12.1 Å². The van der Waals surface area contributed by atoms with Crippen LogP contribution >= 0.6 is 0 Å². The van der Waals surface area contributed by atoms with Crippen molar-refractivity contribution in [1.82, 2.24) is 4.90 Å². The Morgan fingerprint density at radius 2 is 1.83 bits per heavy atom. The summed E-state index contributed by atoms with van der Waals surface area (Å²) in [5.74, 6) is -0.0755. The lowest BCUT2D eigenvalue weighted by molar-refractivity contribution is -0.147. The molecule has 0 spiro atoms. The van der Waals surface area contributed by atoms with E-state index in [0.717, 1.165) is 25.9 Å². The summed E-state index contributed by atoms with van der Waals surface area (Å²) in [5, 5.41) is 0. The number of carbonyl (C=O) groups is 2. The van der Waals surface area contributed by atoms with Gasteiger partial charge in [0.05, 0.1) is 18.9 Å². The highest BCUT2D eigenvalue weighted by Crippen LogP contribution is 2.47. The standard InChI is InChI=1S/C23H30N2O5/c1-15-6-4-5-7-19(15)24-10-12-25(13-11-24)23(27)30-22-20-16(2)8-9-17(20)18(14-29-22)21(26)28-3/h4-7,14,16-17,20,22H,8-13H2,1-3H3. The lowest BCUT2D eigenvalue weighted by atomic mass is 9.83. The third-order valence-corrected chi connectivity index (χ3v) is 6.73. The van der Waals surface area contributed by atoms with E-state index < -0.39 is 6.29 Å². The van der Waals surface area contributed by atoms with Gasteiger partial charge in [0.2, 0.25) is 6.29 Å². The van der Waals surface area contributed by atoms with Gasteiger partial charge in [-0.25, -0.2) is 9.59 Å². The van der Waals surface area contributed by atoms with Crippen molar-refractivity contribution in [2.24, 2.45) is 17.8 Å². The van der Waals surface area contributed by atoms with Gasteiger partial charge in [0.1, 0.15) is 0 Å². The number of para-hydroxylation sites is 1. The number of piperazine rings is 1. The SMILES string of the molecule is COC(=O)C1=COC(OC(=O)N2CCN(c3ccccc3C)CC2)C2C(C)CCC12. The Bertz CT molecular complexity index is 831. The Morgan fingerprint density at radius 1 is 1.10 bits per heavy atom. The molecular weight excluding hydrogens is 384 g/mol. The fourth-order valence-electron chi connectivity index (χ4n) is 5.01. The van der Waals surface area contributed by atoms with E-state index in [1.165, 1.54) is 24.6 Å². The van der Waals surface area contributed by atoms with Crippen LogP contribution in [0.4, 0.5) is 10.5 Å². The normalized spacial score (nSPS) is 28.3. The molecule has 30 heavy (non-hydrogen) atoms. The zero-order valence-corrected chi connectivity index (χ0v) is 17.9. The molecule has 7 heteroatoms. The minimum Gasteiger partial charge on any atom is -0.466 e. The molecule has 1 aliphatic carbocycles. The van der Waals surface area contributed by atoms with E-state index in [4.69, 9.17) is 14.2 Å². The molecule has 0 bridgehead atoms. The van der Waals surface area contributed by atoms with Crippen molar-refractivity contribution >= 4 is 17.7 Å².